The van der Waals surface area contributed by atoms with E-state index in [2.05, 4.69) is 15.4 Å². The minimum Gasteiger partial charge on any atom is -0.465 e. The number of benzene rings is 1. The molecule has 2 N–H and O–H groups in total. The van der Waals surface area contributed by atoms with Gasteiger partial charge in [-0.2, -0.15) is 0 Å². The first-order chi connectivity index (χ1) is 9.63. The number of nitrogens with one attached hydrogen (secondary N) is 2. The molecule has 1 saturated heterocycles. The first kappa shape index (κ1) is 14.5. The summed E-state index contributed by atoms with van der Waals surface area (Å²) in [5, 5.41) is 5.91. The minimum atomic E-state index is -0.400. The van der Waals surface area contributed by atoms with Gasteiger partial charge in [0, 0.05) is 19.3 Å². The van der Waals surface area contributed by atoms with Crippen molar-refractivity contribution < 1.29 is 19.1 Å². The second-order valence-corrected chi connectivity index (χ2v) is 4.61. The Morgan fingerprint density at radius 2 is 1.95 bits per heavy atom. The molecular weight excluding hydrogens is 260 g/mol. The Labute approximate surface area is 117 Å². The predicted molar refractivity (Wildman–Crippen MR) is 73.6 cm³/mol. The van der Waals surface area contributed by atoms with E-state index in [9.17, 15) is 9.59 Å². The summed E-state index contributed by atoms with van der Waals surface area (Å²) in [4.78, 5) is 23.3. The Hall–Kier alpha value is -1.92. The average molecular weight is 278 g/mol. The number of carbonyl (C=O) groups excluding carboxylic acids is 2. The molecule has 1 amide bonds. The second-order valence-electron chi connectivity index (χ2n) is 4.61. The molecule has 2 unspecified atom stereocenters. The van der Waals surface area contributed by atoms with Gasteiger partial charge in [0.2, 0.25) is 5.91 Å². The molecule has 1 aliphatic rings. The van der Waals surface area contributed by atoms with Crippen LogP contribution in [-0.4, -0.2) is 44.8 Å². The molecule has 6 heteroatoms. The fourth-order valence-corrected chi connectivity index (χ4v) is 2.12. The van der Waals surface area contributed by atoms with Gasteiger partial charge in [0.1, 0.15) is 0 Å². The second kappa shape index (κ2) is 6.49. The number of methoxy groups -OCH3 is 2. The van der Waals surface area contributed by atoms with Gasteiger partial charge < -0.3 is 20.1 Å². The lowest BCUT2D eigenvalue weighted by molar-refractivity contribution is -0.118. The number of rotatable bonds is 4. The fourth-order valence-electron chi connectivity index (χ4n) is 2.12. The summed E-state index contributed by atoms with van der Waals surface area (Å²) >= 11 is 0. The van der Waals surface area contributed by atoms with E-state index in [1.807, 2.05) is 0 Å². The van der Waals surface area contributed by atoms with E-state index in [0.29, 0.717) is 24.2 Å². The quantitative estimate of drug-likeness (QED) is 0.796. The summed E-state index contributed by atoms with van der Waals surface area (Å²) in [5.41, 5.74) is 1.09. The molecule has 1 aromatic carbocycles. The van der Waals surface area contributed by atoms with Crippen LogP contribution in [0.15, 0.2) is 24.3 Å². The molecule has 0 saturated carbocycles. The van der Waals surface area contributed by atoms with Crippen LogP contribution in [0.1, 0.15) is 16.8 Å². The summed E-state index contributed by atoms with van der Waals surface area (Å²) in [6.07, 6.45) is 0.732. The van der Waals surface area contributed by atoms with E-state index in [0.717, 1.165) is 0 Å². The van der Waals surface area contributed by atoms with Gasteiger partial charge in [0.15, 0.2) is 0 Å². The van der Waals surface area contributed by atoms with E-state index in [1.54, 1.807) is 31.4 Å². The molecule has 0 radical (unpaired) electrons. The third kappa shape index (κ3) is 3.34. The highest BCUT2D eigenvalue weighted by molar-refractivity contribution is 5.96. The summed E-state index contributed by atoms with van der Waals surface area (Å²) in [5.74, 6) is -0.501. The molecule has 1 fully saturated rings. The van der Waals surface area contributed by atoms with Crippen molar-refractivity contribution in [2.45, 2.75) is 18.6 Å². The van der Waals surface area contributed by atoms with Gasteiger partial charge in [-0.3, -0.25) is 4.79 Å². The van der Waals surface area contributed by atoms with Crippen LogP contribution < -0.4 is 10.6 Å². The van der Waals surface area contributed by atoms with Gasteiger partial charge >= 0.3 is 5.97 Å². The summed E-state index contributed by atoms with van der Waals surface area (Å²) < 4.78 is 9.81. The first-order valence-electron chi connectivity index (χ1n) is 6.39. The van der Waals surface area contributed by atoms with Gasteiger partial charge in [-0.25, -0.2) is 4.79 Å². The van der Waals surface area contributed by atoms with Crippen LogP contribution in [-0.2, 0) is 14.3 Å². The van der Waals surface area contributed by atoms with Crippen LogP contribution in [0.4, 0.5) is 5.69 Å². The highest BCUT2D eigenvalue weighted by atomic mass is 16.5. The Morgan fingerprint density at radius 1 is 1.25 bits per heavy atom. The molecule has 1 aliphatic heterocycles. The summed E-state index contributed by atoms with van der Waals surface area (Å²) in [7, 11) is 2.97. The number of ether oxygens (including phenoxy) is 2. The number of hydrogen-bond acceptors (Lipinski definition) is 5. The smallest absolute Gasteiger partial charge is 0.337 e. The molecule has 0 bridgehead atoms. The molecule has 2 rings (SSSR count). The van der Waals surface area contributed by atoms with Crippen molar-refractivity contribution >= 4 is 17.6 Å². The van der Waals surface area contributed by atoms with Crippen LogP contribution in [0.3, 0.4) is 0 Å². The van der Waals surface area contributed by atoms with Gasteiger partial charge in [-0.15, -0.1) is 0 Å². The highest BCUT2D eigenvalue weighted by Crippen LogP contribution is 2.14. The Bertz CT molecular complexity index is 486. The minimum absolute atomic E-state index is 0.0763. The lowest BCUT2D eigenvalue weighted by Gasteiger charge is -2.11. The third-order valence-corrected chi connectivity index (χ3v) is 3.31. The average Bonchev–Trinajstić information content (AvgIpc) is 2.96. The lowest BCUT2D eigenvalue weighted by atomic mass is 10.1. The van der Waals surface area contributed by atoms with Crippen molar-refractivity contribution in [2.24, 2.45) is 0 Å². The van der Waals surface area contributed by atoms with Crippen molar-refractivity contribution in [3.05, 3.63) is 29.8 Å². The topological polar surface area (TPSA) is 76.7 Å². The van der Waals surface area contributed by atoms with Crippen molar-refractivity contribution in [3.63, 3.8) is 0 Å². The number of anilines is 1. The van der Waals surface area contributed by atoms with Gasteiger partial charge in [0.25, 0.3) is 0 Å². The van der Waals surface area contributed by atoms with Crippen LogP contribution in [0.5, 0.6) is 0 Å². The molecule has 20 heavy (non-hydrogen) atoms. The maximum absolute atomic E-state index is 12.0. The number of hydrogen-bond donors (Lipinski definition) is 2. The van der Waals surface area contributed by atoms with Crippen LogP contribution in [0.2, 0.25) is 0 Å². The molecule has 2 atom stereocenters. The Kier molecular flexibility index (Phi) is 4.70. The maximum Gasteiger partial charge on any atom is 0.337 e. The normalized spacial score (nSPS) is 21.5. The standard InChI is InChI=1S/C14H18N2O4/c1-19-11-7-12(15-8-11)13(17)16-10-5-3-9(4-6-10)14(18)20-2/h3-6,11-12,15H,7-8H2,1-2H3,(H,16,17). The molecule has 1 heterocycles. The van der Waals surface area contributed by atoms with Gasteiger partial charge in [0.05, 0.1) is 24.8 Å². The zero-order chi connectivity index (χ0) is 14.5. The van der Waals surface area contributed by atoms with Crippen molar-refractivity contribution in [3.8, 4) is 0 Å². The first-order valence-corrected chi connectivity index (χ1v) is 6.39. The zero-order valence-electron chi connectivity index (χ0n) is 11.5. The Morgan fingerprint density at radius 3 is 2.50 bits per heavy atom. The van der Waals surface area contributed by atoms with E-state index >= 15 is 0 Å². The van der Waals surface area contributed by atoms with Gasteiger partial charge in [-0.05, 0) is 30.7 Å². The van der Waals surface area contributed by atoms with Crippen molar-refractivity contribution in [1.29, 1.82) is 0 Å². The summed E-state index contributed by atoms with van der Waals surface area (Å²) in [6.45, 7) is 0.676. The molecule has 0 aliphatic carbocycles. The van der Waals surface area contributed by atoms with E-state index in [-0.39, 0.29) is 18.1 Å². The lowest BCUT2D eigenvalue weighted by Crippen LogP contribution is -2.35. The SMILES string of the molecule is COC(=O)c1ccc(NC(=O)C2CC(OC)CN2)cc1. The molecular formula is C14H18N2O4. The molecule has 1 aromatic rings. The Balaban J connectivity index is 1.93. The molecule has 0 aromatic heterocycles. The fraction of sp³-hybridized carbons (Fsp3) is 0.429. The van der Waals surface area contributed by atoms with E-state index in [1.165, 1.54) is 7.11 Å². The zero-order valence-corrected chi connectivity index (χ0v) is 11.5. The third-order valence-electron chi connectivity index (χ3n) is 3.31. The van der Waals surface area contributed by atoms with Crippen molar-refractivity contribution in [1.82, 2.24) is 5.32 Å². The number of esters is 1. The predicted octanol–water partition coefficient (Wildman–Crippen LogP) is 0.789. The number of carbonyl (C=O) groups is 2. The van der Waals surface area contributed by atoms with E-state index < -0.39 is 5.97 Å². The molecule has 0 spiro atoms. The van der Waals surface area contributed by atoms with E-state index in [4.69, 9.17) is 4.74 Å². The molecule has 6 nitrogen and oxygen atoms in total. The van der Waals surface area contributed by atoms with Gasteiger partial charge in [-0.1, -0.05) is 0 Å². The monoisotopic (exact) mass is 278 g/mol. The van der Waals surface area contributed by atoms with Crippen LogP contribution in [0.25, 0.3) is 0 Å². The summed E-state index contributed by atoms with van der Waals surface area (Å²) in [6, 6.07) is 6.32. The van der Waals surface area contributed by atoms with Crippen LogP contribution in [0, 0.1) is 0 Å². The number of amides is 1. The van der Waals surface area contributed by atoms with Crippen LogP contribution >= 0.6 is 0 Å². The highest BCUT2D eigenvalue weighted by Gasteiger charge is 2.29. The van der Waals surface area contributed by atoms with Crippen molar-refractivity contribution in [2.75, 3.05) is 26.1 Å². The largest absolute Gasteiger partial charge is 0.465 e. The molecule has 108 valence electrons. The maximum atomic E-state index is 12.0.